The lowest BCUT2D eigenvalue weighted by Gasteiger charge is -2.19. The van der Waals surface area contributed by atoms with E-state index in [1.807, 2.05) is 32.0 Å². The number of imide groups is 1. The molecular formula is C27H28N2O5. The van der Waals surface area contributed by atoms with Crippen molar-refractivity contribution in [3.8, 4) is 5.75 Å². The molecule has 2 aromatic rings. The zero-order valence-corrected chi connectivity index (χ0v) is 19.5. The number of anilines is 2. The molecule has 2 saturated heterocycles. The molecular weight excluding hydrogens is 432 g/mol. The highest BCUT2D eigenvalue weighted by Crippen LogP contribution is 2.40. The van der Waals surface area contributed by atoms with Crippen LogP contribution in [-0.4, -0.2) is 30.2 Å². The van der Waals surface area contributed by atoms with Gasteiger partial charge in [-0.1, -0.05) is 25.0 Å². The number of benzene rings is 2. The van der Waals surface area contributed by atoms with Crippen LogP contribution in [0, 0.1) is 31.6 Å². The number of carbonyl (C=O) groups excluding carboxylic acids is 4. The van der Waals surface area contributed by atoms with Gasteiger partial charge in [-0.25, -0.2) is 4.90 Å². The van der Waals surface area contributed by atoms with Gasteiger partial charge in [-0.05, 0) is 62.1 Å². The molecule has 0 radical (unpaired) electrons. The van der Waals surface area contributed by atoms with Crippen LogP contribution in [0.1, 0.15) is 43.2 Å². The Morgan fingerprint density at radius 2 is 1.53 bits per heavy atom. The highest BCUT2D eigenvalue weighted by atomic mass is 16.5. The van der Waals surface area contributed by atoms with Crippen LogP contribution in [0.25, 0.3) is 0 Å². The van der Waals surface area contributed by atoms with Crippen LogP contribution in [-0.2, 0) is 19.2 Å². The minimum absolute atomic E-state index is 0.0813. The molecule has 5 rings (SSSR count). The lowest BCUT2D eigenvalue weighted by molar-refractivity contribution is -0.139. The van der Waals surface area contributed by atoms with Crippen molar-refractivity contribution in [1.29, 1.82) is 0 Å². The Morgan fingerprint density at radius 1 is 0.882 bits per heavy atom. The van der Waals surface area contributed by atoms with Gasteiger partial charge >= 0.3 is 5.97 Å². The molecule has 2 aromatic carbocycles. The Balaban J connectivity index is 1.30. The van der Waals surface area contributed by atoms with Gasteiger partial charge in [0.2, 0.25) is 17.7 Å². The third kappa shape index (κ3) is 4.00. The topological polar surface area (TPSA) is 84.0 Å². The Morgan fingerprint density at radius 3 is 2.18 bits per heavy atom. The number of esters is 1. The summed E-state index contributed by atoms with van der Waals surface area (Å²) in [7, 11) is 0. The zero-order valence-electron chi connectivity index (χ0n) is 19.5. The third-order valence-corrected chi connectivity index (χ3v) is 7.11. The molecule has 2 heterocycles. The summed E-state index contributed by atoms with van der Waals surface area (Å²) in [6.07, 6.45) is 3.49. The van der Waals surface area contributed by atoms with Crippen molar-refractivity contribution in [1.82, 2.24) is 0 Å². The van der Waals surface area contributed by atoms with Gasteiger partial charge in [-0.15, -0.1) is 0 Å². The number of carbonyl (C=O) groups is 4. The first-order valence-electron chi connectivity index (χ1n) is 11.9. The molecule has 1 saturated carbocycles. The number of hydrogen-bond acceptors (Lipinski definition) is 5. The number of ether oxygens (including phenoxy) is 1. The number of nitrogens with zero attached hydrogens (tertiary/aromatic N) is 2. The molecule has 0 aromatic heterocycles. The van der Waals surface area contributed by atoms with Gasteiger partial charge in [0.25, 0.3) is 0 Å². The first kappa shape index (κ1) is 22.3. The highest BCUT2D eigenvalue weighted by molar-refractivity contribution is 6.22. The van der Waals surface area contributed by atoms with Crippen LogP contribution in [0.3, 0.4) is 0 Å². The van der Waals surface area contributed by atoms with Crippen molar-refractivity contribution >= 4 is 35.1 Å². The van der Waals surface area contributed by atoms with Crippen molar-refractivity contribution in [3.05, 3.63) is 53.6 Å². The smallest absolute Gasteiger partial charge is 0.316 e. The molecule has 176 valence electrons. The summed E-state index contributed by atoms with van der Waals surface area (Å²) >= 11 is 0. The van der Waals surface area contributed by atoms with Gasteiger partial charge in [-0.3, -0.25) is 19.2 Å². The van der Waals surface area contributed by atoms with Gasteiger partial charge in [-0.2, -0.15) is 0 Å². The van der Waals surface area contributed by atoms with Crippen LogP contribution in [0.2, 0.25) is 0 Å². The second-order valence-electron chi connectivity index (χ2n) is 9.68. The molecule has 3 aliphatic rings. The lowest BCUT2D eigenvalue weighted by atomic mass is 9.81. The fourth-order valence-corrected chi connectivity index (χ4v) is 5.52. The summed E-state index contributed by atoms with van der Waals surface area (Å²) in [6, 6.07) is 12.4. The summed E-state index contributed by atoms with van der Waals surface area (Å²) in [4.78, 5) is 54.2. The molecule has 3 unspecified atom stereocenters. The first-order valence-corrected chi connectivity index (χ1v) is 11.9. The van der Waals surface area contributed by atoms with E-state index in [0.717, 1.165) is 42.5 Å². The van der Waals surface area contributed by atoms with E-state index in [-0.39, 0.29) is 48.3 Å². The molecule has 0 bridgehead atoms. The molecule has 7 nitrogen and oxygen atoms in total. The minimum atomic E-state index is -0.588. The van der Waals surface area contributed by atoms with Crippen molar-refractivity contribution < 1.29 is 23.9 Å². The second-order valence-corrected chi connectivity index (χ2v) is 9.68. The Bertz CT molecular complexity index is 1150. The number of fused-ring (bicyclic) bond motifs is 1. The molecule has 1 aliphatic carbocycles. The summed E-state index contributed by atoms with van der Waals surface area (Å²) < 4.78 is 5.60. The predicted octanol–water partition coefficient (Wildman–Crippen LogP) is 3.94. The molecule has 2 aliphatic heterocycles. The predicted molar refractivity (Wildman–Crippen MR) is 126 cm³/mol. The van der Waals surface area contributed by atoms with E-state index in [0.29, 0.717) is 5.69 Å². The summed E-state index contributed by atoms with van der Waals surface area (Å²) in [6.45, 7) is 4.20. The van der Waals surface area contributed by atoms with E-state index in [1.54, 1.807) is 29.2 Å². The Hall–Kier alpha value is -3.48. The van der Waals surface area contributed by atoms with Crippen LogP contribution in [0.4, 0.5) is 11.4 Å². The SMILES string of the molecule is Cc1cc(C)cc(N2CC(C(=O)Oc3cccc(N4C(=O)C5CCCCC5C4=O)c3)CC2=O)c1. The lowest BCUT2D eigenvalue weighted by Crippen LogP contribution is -2.31. The van der Waals surface area contributed by atoms with E-state index in [2.05, 4.69) is 0 Å². The van der Waals surface area contributed by atoms with E-state index in [4.69, 9.17) is 4.74 Å². The average Bonchev–Trinajstić information content (AvgIpc) is 3.31. The van der Waals surface area contributed by atoms with Crippen molar-refractivity contribution in [2.45, 2.75) is 46.0 Å². The van der Waals surface area contributed by atoms with Gasteiger partial charge < -0.3 is 9.64 Å². The number of aryl methyl sites for hydroxylation is 2. The molecule has 0 spiro atoms. The van der Waals surface area contributed by atoms with Crippen molar-refractivity contribution in [2.24, 2.45) is 17.8 Å². The fraction of sp³-hybridized carbons (Fsp3) is 0.407. The van der Waals surface area contributed by atoms with Gasteiger partial charge in [0.15, 0.2) is 0 Å². The van der Waals surface area contributed by atoms with Gasteiger partial charge in [0, 0.05) is 24.7 Å². The van der Waals surface area contributed by atoms with E-state index < -0.39 is 11.9 Å². The number of amides is 3. The Labute approximate surface area is 198 Å². The molecule has 0 N–H and O–H groups in total. The summed E-state index contributed by atoms with van der Waals surface area (Å²) in [5.41, 5.74) is 3.31. The third-order valence-electron chi connectivity index (χ3n) is 7.11. The van der Waals surface area contributed by atoms with E-state index in [9.17, 15) is 19.2 Å². The minimum Gasteiger partial charge on any atom is -0.426 e. The summed E-state index contributed by atoms with van der Waals surface area (Å²) in [5.74, 6) is -1.75. The monoisotopic (exact) mass is 460 g/mol. The largest absolute Gasteiger partial charge is 0.426 e. The highest BCUT2D eigenvalue weighted by Gasteiger charge is 2.48. The molecule has 3 fully saturated rings. The maximum atomic E-state index is 12.9. The van der Waals surface area contributed by atoms with Crippen LogP contribution in [0.5, 0.6) is 5.75 Å². The van der Waals surface area contributed by atoms with Crippen LogP contribution < -0.4 is 14.5 Å². The number of rotatable bonds is 4. The Kier molecular flexibility index (Phi) is 5.71. The summed E-state index contributed by atoms with van der Waals surface area (Å²) in [5, 5.41) is 0. The fourth-order valence-electron chi connectivity index (χ4n) is 5.52. The molecule has 34 heavy (non-hydrogen) atoms. The second kappa shape index (κ2) is 8.70. The van der Waals surface area contributed by atoms with E-state index in [1.165, 1.54) is 4.90 Å². The van der Waals surface area contributed by atoms with Crippen molar-refractivity contribution in [3.63, 3.8) is 0 Å². The standard InChI is InChI=1S/C27H28N2O5/c1-16-10-17(2)12-20(11-16)28-15-18(13-24(28)30)27(33)34-21-7-5-6-19(14-21)29-25(31)22-8-3-4-9-23(22)26(29)32/h5-7,10-12,14,18,22-23H,3-4,8-9,13,15H2,1-2H3. The zero-order chi connectivity index (χ0) is 24.0. The van der Waals surface area contributed by atoms with Gasteiger partial charge in [0.1, 0.15) is 5.75 Å². The molecule has 7 heteroatoms. The first-order chi connectivity index (χ1) is 16.3. The average molecular weight is 461 g/mol. The quantitative estimate of drug-likeness (QED) is 0.392. The normalized spacial score (nSPS) is 24.5. The molecule has 3 atom stereocenters. The maximum absolute atomic E-state index is 12.9. The van der Waals surface area contributed by atoms with Crippen molar-refractivity contribution in [2.75, 3.05) is 16.3 Å². The maximum Gasteiger partial charge on any atom is 0.316 e. The van der Waals surface area contributed by atoms with Crippen LogP contribution in [0.15, 0.2) is 42.5 Å². The van der Waals surface area contributed by atoms with E-state index >= 15 is 0 Å². The molecule has 3 amide bonds. The van der Waals surface area contributed by atoms with Gasteiger partial charge in [0.05, 0.1) is 23.4 Å². The number of hydrogen-bond donors (Lipinski definition) is 0. The van der Waals surface area contributed by atoms with Crippen LogP contribution >= 0.6 is 0 Å².